The molecule has 2 bridgehead atoms. The molecule has 3 aliphatic heterocycles. The smallest absolute Gasteiger partial charge is 0.0222 e. The Kier molecular flexibility index (Phi) is 2.87. The molecule has 0 spiro atoms. The molecule has 13 heavy (non-hydrogen) atoms. The first-order valence-corrected chi connectivity index (χ1v) is 5.31. The van der Waals surface area contributed by atoms with Crippen LogP contribution in [-0.4, -0.2) is 36.6 Å². The molecule has 2 unspecified atom stereocenters. The number of nitrogens with zero attached hydrogens (tertiary/aromatic N) is 1. The monoisotopic (exact) mass is 178 g/mol. The highest BCUT2D eigenvalue weighted by Crippen LogP contribution is 2.22. The Labute approximate surface area is 80.7 Å². The third-order valence-electron chi connectivity index (χ3n) is 3.23. The average molecular weight is 178 g/mol. The van der Waals surface area contributed by atoms with E-state index in [9.17, 15) is 0 Å². The number of nitrogens with one attached hydrogen (secondary N) is 1. The summed E-state index contributed by atoms with van der Waals surface area (Å²) in [7, 11) is 0. The second-order valence-corrected chi connectivity index (χ2v) is 4.14. The van der Waals surface area contributed by atoms with Gasteiger partial charge in [0.2, 0.25) is 0 Å². The summed E-state index contributed by atoms with van der Waals surface area (Å²) in [6.07, 6.45) is 10.1. The van der Waals surface area contributed by atoms with E-state index in [1.54, 1.807) is 0 Å². The molecule has 3 saturated heterocycles. The van der Waals surface area contributed by atoms with Crippen molar-refractivity contribution in [2.24, 2.45) is 0 Å². The van der Waals surface area contributed by atoms with Crippen molar-refractivity contribution < 1.29 is 0 Å². The summed E-state index contributed by atoms with van der Waals surface area (Å²) in [6.45, 7) is 3.64. The molecule has 0 aliphatic carbocycles. The second-order valence-electron chi connectivity index (χ2n) is 4.14. The summed E-state index contributed by atoms with van der Waals surface area (Å²) in [5, 5.41) is 3.56. The van der Waals surface area contributed by atoms with Gasteiger partial charge in [0.25, 0.3) is 0 Å². The number of terminal acetylenes is 1. The van der Waals surface area contributed by atoms with Gasteiger partial charge in [0, 0.05) is 31.6 Å². The number of piperidine rings is 2. The van der Waals surface area contributed by atoms with Crippen LogP contribution in [-0.2, 0) is 0 Å². The molecule has 2 heteroatoms. The third kappa shape index (κ3) is 2.04. The van der Waals surface area contributed by atoms with E-state index in [0.717, 1.165) is 18.5 Å². The molecule has 2 nitrogen and oxygen atoms in total. The fourth-order valence-electron chi connectivity index (χ4n) is 2.46. The lowest BCUT2D eigenvalue weighted by atomic mass is 9.93. The number of unbranched alkanes of at least 4 members (excludes halogenated alkanes) is 1. The first-order valence-electron chi connectivity index (χ1n) is 5.31. The predicted octanol–water partition coefficient (Wildman–Crippen LogP) is 0.836. The van der Waals surface area contributed by atoms with Gasteiger partial charge in [-0.25, -0.2) is 0 Å². The van der Waals surface area contributed by atoms with Gasteiger partial charge in [-0.2, -0.15) is 0 Å². The SMILES string of the molecule is C#CCCCN1CC2CCC1CN2. The molecule has 3 aliphatic rings. The highest BCUT2D eigenvalue weighted by molar-refractivity contribution is 4.93. The number of hydrogen-bond acceptors (Lipinski definition) is 2. The Morgan fingerprint density at radius 3 is 2.92 bits per heavy atom. The van der Waals surface area contributed by atoms with Crippen molar-refractivity contribution in [1.29, 1.82) is 0 Å². The molecule has 3 fully saturated rings. The van der Waals surface area contributed by atoms with E-state index < -0.39 is 0 Å². The fourth-order valence-corrected chi connectivity index (χ4v) is 2.46. The quantitative estimate of drug-likeness (QED) is 0.509. The zero-order valence-corrected chi connectivity index (χ0v) is 8.13. The van der Waals surface area contributed by atoms with E-state index in [4.69, 9.17) is 6.42 Å². The lowest BCUT2D eigenvalue weighted by Crippen LogP contribution is -2.60. The number of piperazine rings is 1. The Hall–Kier alpha value is -0.520. The van der Waals surface area contributed by atoms with Gasteiger partial charge in [-0.05, 0) is 25.8 Å². The molecular formula is C11H18N2. The molecule has 0 radical (unpaired) electrons. The van der Waals surface area contributed by atoms with Crippen molar-refractivity contribution in [3.8, 4) is 12.3 Å². The van der Waals surface area contributed by atoms with Gasteiger partial charge in [-0.1, -0.05) is 0 Å². The Bertz CT molecular complexity index is 199. The number of hydrogen-bond donors (Lipinski definition) is 1. The van der Waals surface area contributed by atoms with Crippen molar-refractivity contribution in [3.05, 3.63) is 0 Å². The van der Waals surface area contributed by atoms with Gasteiger partial charge >= 0.3 is 0 Å². The maximum absolute atomic E-state index is 5.24. The highest BCUT2D eigenvalue weighted by atomic mass is 15.2. The summed E-state index contributed by atoms with van der Waals surface area (Å²) < 4.78 is 0. The first-order chi connectivity index (χ1) is 6.40. The average Bonchev–Trinajstić information content (AvgIpc) is 2.20. The summed E-state index contributed by atoms with van der Waals surface area (Å²) in [4.78, 5) is 2.61. The van der Waals surface area contributed by atoms with Crippen LogP contribution in [0.1, 0.15) is 25.7 Å². The molecule has 72 valence electrons. The van der Waals surface area contributed by atoms with E-state index >= 15 is 0 Å². The van der Waals surface area contributed by atoms with Crippen LogP contribution in [0.15, 0.2) is 0 Å². The van der Waals surface area contributed by atoms with Gasteiger partial charge in [0.05, 0.1) is 0 Å². The van der Waals surface area contributed by atoms with Crippen molar-refractivity contribution >= 4 is 0 Å². The molecule has 2 atom stereocenters. The molecule has 0 aromatic rings. The Morgan fingerprint density at radius 2 is 2.38 bits per heavy atom. The third-order valence-corrected chi connectivity index (χ3v) is 3.23. The minimum Gasteiger partial charge on any atom is -0.311 e. The van der Waals surface area contributed by atoms with Crippen LogP contribution in [0.2, 0.25) is 0 Å². The van der Waals surface area contributed by atoms with Crippen LogP contribution in [0.4, 0.5) is 0 Å². The lowest BCUT2D eigenvalue weighted by Gasteiger charge is -2.46. The zero-order valence-electron chi connectivity index (χ0n) is 8.13. The molecule has 0 saturated carbocycles. The molecular weight excluding hydrogens is 160 g/mol. The fraction of sp³-hybridized carbons (Fsp3) is 0.818. The lowest BCUT2D eigenvalue weighted by molar-refractivity contribution is 0.0747. The van der Waals surface area contributed by atoms with Gasteiger partial charge in [-0.15, -0.1) is 12.3 Å². The van der Waals surface area contributed by atoms with E-state index in [-0.39, 0.29) is 0 Å². The van der Waals surface area contributed by atoms with Crippen LogP contribution >= 0.6 is 0 Å². The van der Waals surface area contributed by atoms with Crippen molar-refractivity contribution in [3.63, 3.8) is 0 Å². The Balaban J connectivity index is 1.77. The van der Waals surface area contributed by atoms with E-state index in [1.807, 2.05) is 0 Å². The topological polar surface area (TPSA) is 15.3 Å². The van der Waals surface area contributed by atoms with Gasteiger partial charge in [-0.3, -0.25) is 4.90 Å². The zero-order chi connectivity index (χ0) is 9.10. The summed E-state index contributed by atoms with van der Waals surface area (Å²) in [5.41, 5.74) is 0. The molecule has 1 N–H and O–H groups in total. The first kappa shape index (κ1) is 9.05. The summed E-state index contributed by atoms with van der Waals surface area (Å²) in [6, 6.07) is 1.55. The Morgan fingerprint density at radius 1 is 1.46 bits per heavy atom. The summed E-state index contributed by atoms with van der Waals surface area (Å²) >= 11 is 0. The minimum absolute atomic E-state index is 0.760. The normalized spacial score (nSPS) is 33.2. The minimum atomic E-state index is 0.760. The van der Waals surface area contributed by atoms with E-state index in [0.29, 0.717) is 0 Å². The van der Waals surface area contributed by atoms with Gasteiger partial charge in [0.15, 0.2) is 0 Å². The van der Waals surface area contributed by atoms with Crippen LogP contribution in [0.25, 0.3) is 0 Å². The maximum atomic E-state index is 5.24. The number of fused-ring (bicyclic) bond motifs is 3. The van der Waals surface area contributed by atoms with Crippen LogP contribution in [0.5, 0.6) is 0 Å². The maximum Gasteiger partial charge on any atom is 0.0222 e. The van der Waals surface area contributed by atoms with Crippen molar-refractivity contribution in [1.82, 2.24) is 10.2 Å². The van der Waals surface area contributed by atoms with Crippen LogP contribution < -0.4 is 5.32 Å². The van der Waals surface area contributed by atoms with Gasteiger partial charge < -0.3 is 5.32 Å². The standard InChI is InChI=1S/C11H18N2/c1-2-3-4-7-13-9-10-5-6-11(13)8-12-10/h1,10-12H,3-9H2. The van der Waals surface area contributed by atoms with Crippen molar-refractivity contribution in [2.45, 2.75) is 37.8 Å². The molecule has 0 aromatic heterocycles. The predicted molar refractivity (Wildman–Crippen MR) is 54.5 cm³/mol. The van der Waals surface area contributed by atoms with Crippen molar-refractivity contribution in [2.75, 3.05) is 19.6 Å². The second kappa shape index (κ2) is 4.13. The molecule has 3 rings (SSSR count). The van der Waals surface area contributed by atoms with E-state index in [2.05, 4.69) is 16.1 Å². The van der Waals surface area contributed by atoms with E-state index in [1.165, 1.54) is 38.9 Å². The molecule has 0 amide bonds. The largest absolute Gasteiger partial charge is 0.311 e. The van der Waals surface area contributed by atoms with Crippen LogP contribution in [0, 0.1) is 12.3 Å². The highest BCUT2D eigenvalue weighted by Gasteiger charge is 2.32. The molecule has 0 aromatic carbocycles. The number of rotatable bonds is 3. The summed E-state index contributed by atoms with van der Waals surface area (Å²) in [5.74, 6) is 2.71. The van der Waals surface area contributed by atoms with Crippen LogP contribution in [0.3, 0.4) is 0 Å². The molecule has 3 heterocycles. The van der Waals surface area contributed by atoms with Gasteiger partial charge in [0.1, 0.15) is 0 Å².